The van der Waals surface area contributed by atoms with Gasteiger partial charge in [0.25, 0.3) is 5.91 Å². The Morgan fingerprint density at radius 3 is 2.66 bits per heavy atom. The third kappa shape index (κ3) is 5.32. The molecule has 0 aromatic carbocycles. The number of anilines is 1. The lowest BCUT2D eigenvalue weighted by Gasteiger charge is -2.22. The molecular formula is C21H30N2O7S2. The first-order valence-corrected chi connectivity index (χ1v) is 13.5. The zero-order valence-corrected chi connectivity index (χ0v) is 20.4. The van der Waals surface area contributed by atoms with Gasteiger partial charge in [0.15, 0.2) is 6.10 Å². The average molecular weight is 487 g/mol. The molecule has 178 valence electrons. The van der Waals surface area contributed by atoms with Gasteiger partial charge in [-0.1, -0.05) is 6.92 Å². The number of hydrogen-bond acceptors (Lipinski definition) is 8. The van der Waals surface area contributed by atoms with Gasteiger partial charge >= 0.3 is 11.9 Å². The van der Waals surface area contributed by atoms with Crippen molar-refractivity contribution in [1.82, 2.24) is 4.31 Å². The Morgan fingerprint density at radius 2 is 2.00 bits per heavy atom. The molecular weight excluding hydrogens is 456 g/mol. The molecule has 1 N–H and O–H groups in total. The molecule has 32 heavy (non-hydrogen) atoms. The number of esters is 2. The Balaban J connectivity index is 1.74. The van der Waals surface area contributed by atoms with Crippen LogP contribution in [0.4, 0.5) is 5.00 Å². The smallest absolute Gasteiger partial charge is 0.341 e. The lowest BCUT2D eigenvalue weighted by molar-refractivity contribution is -0.156. The van der Waals surface area contributed by atoms with Crippen LogP contribution in [0.5, 0.6) is 0 Å². The predicted molar refractivity (Wildman–Crippen MR) is 120 cm³/mol. The predicted octanol–water partition coefficient (Wildman–Crippen LogP) is 2.34. The number of amides is 1. The van der Waals surface area contributed by atoms with Crippen molar-refractivity contribution in [2.75, 3.05) is 24.7 Å². The molecule has 0 bridgehead atoms. The minimum absolute atomic E-state index is 0.222. The first-order chi connectivity index (χ1) is 15.0. The molecule has 1 aromatic rings. The van der Waals surface area contributed by atoms with Crippen LogP contribution in [-0.2, 0) is 41.9 Å². The SMILES string of the molecule is CCOC(=O)c1c(NC(=O)[C@H](C)OC(=O)[C@@H]2CCCN2S(C)(=O)=O)sc2c1CC[C@H](C)C2. The van der Waals surface area contributed by atoms with E-state index in [1.54, 1.807) is 6.92 Å². The van der Waals surface area contributed by atoms with Gasteiger partial charge < -0.3 is 14.8 Å². The fraction of sp³-hybridized carbons (Fsp3) is 0.667. The molecule has 0 saturated carbocycles. The van der Waals surface area contributed by atoms with Crippen molar-refractivity contribution in [3.63, 3.8) is 0 Å². The molecule has 1 amide bonds. The molecule has 1 aromatic heterocycles. The van der Waals surface area contributed by atoms with Gasteiger partial charge in [-0.05, 0) is 57.4 Å². The summed E-state index contributed by atoms with van der Waals surface area (Å²) < 4.78 is 35.4. The molecule has 0 unspecified atom stereocenters. The Hall–Kier alpha value is -1.98. The van der Waals surface area contributed by atoms with Crippen LogP contribution in [-0.4, -0.2) is 62.1 Å². The van der Waals surface area contributed by atoms with E-state index in [0.717, 1.165) is 40.3 Å². The van der Waals surface area contributed by atoms with Crippen molar-refractivity contribution in [3.05, 3.63) is 16.0 Å². The van der Waals surface area contributed by atoms with Crippen molar-refractivity contribution in [3.8, 4) is 0 Å². The van der Waals surface area contributed by atoms with Gasteiger partial charge in [-0.2, -0.15) is 4.31 Å². The van der Waals surface area contributed by atoms with E-state index in [4.69, 9.17) is 9.47 Å². The average Bonchev–Trinajstić information content (AvgIpc) is 3.32. The second-order valence-electron chi connectivity index (χ2n) is 8.38. The molecule has 0 radical (unpaired) electrons. The Kier molecular flexibility index (Phi) is 7.61. The molecule has 1 aliphatic heterocycles. The first kappa shape index (κ1) is 24.7. The molecule has 0 spiro atoms. The van der Waals surface area contributed by atoms with E-state index in [2.05, 4.69) is 12.2 Å². The number of nitrogens with one attached hydrogen (secondary N) is 1. The van der Waals surface area contributed by atoms with Gasteiger partial charge in [-0.3, -0.25) is 9.59 Å². The highest BCUT2D eigenvalue weighted by Crippen LogP contribution is 2.40. The highest BCUT2D eigenvalue weighted by molar-refractivity contribution is 7.88. The molecule has 2 heterocycles. The van der Waals surface area contributed by atoms with Gasteiger partial charge in [0.2, 0.25) is 10.0 Å². The first-order valence-electron chi connectivity index (χ1n) is 10.8. The van der Waals surface area contributed by atoms with Crippen LogP contribution in [0.3, 0.4) is 0 Å². The molecule has 2 aliphatic rings. The van der Waals surface area contributed by atoms with Gasteiger partial charge in [0.05, 0.1) is 18.4 Å². The monoisotopic (exact) mass is 486 g/mol. The Morgan fingerprint density at radius 1 is 1.28 bits per heavy atom. The molecule has 11 heteroatoms. The van der Waals surface area contributed by atoms with Crippen LogP contribution in [0.1, 0.15) is 60.8 Å². The van der Waals surface area contributed by atoms with Crippen LogP contribution in [0.25, 0.3) is 0 Å². The topological polar surface area (TPSA) is 119 Å². The minimum atomic E-state index is -3.55. The number of carbonyl (C=O) groups excluding carboxylic acids is 3. The number of carbonyl (C=O) groups is 3. The molecule has 1 fully saturated rings. The fourth-order valence-corrected chi connectivity index (χ4v) is 6.67. The quantitative estimate of drug-likeness (QED) is 0.588. The molecule has 9 nitrogen and oxygen atoms in total. The van der Waals surface area contributed by atoms with Crippen molar-refractivity contribution >= 4 is 44.2 Å². The van der Waals surface area contributed by atoms with Crippen molar-refractivity contribution in [1.29, 1.82) is 0 Å². The zero-order chi connectivity index (χ0) is 23.6. The highest BCUT2D eigenvalue weighted by Gasteiger charge is 2.39. The van der Waals surface area contributed by atoms with Crippen LogP contribution in [0, 0.1) is 5.92 Å². The lowest BCUT2D eigenvalue weighted by Crippen LogP contribution is -2.43. The zero-order valence-electron chi connectivity index (χ0n) is 18.8. The normalized spacial score (nSPS) is 22.1. The van der Waals surface area contributed by atoms with Crippen LogP contribution >= 0.6 is 11.3 Å². The van der Waals surface area contributed by atoms with Crippen molar-refractivity contribution in [2.24, 2.45) is 5.92 Å². The van der Waals surface area contributed by atoms with E-state index >= 15 is 0 Å². The van der Waals surface area contributed by atoms with Crippen LogP contribution < -0.4 is 5.32 Å². The standard InChI is InChI=1S/C21H30N2O7S2/c1-5-29-21(26)17-14-9-8-12(2)11-16(14)31-19(17)22-18(24)13(3)30-20(25)15-7-6-10-23(15)32(4,27)28/h12-13,15H,5-11H2,1-4H3,(H,22,24)/t12-,13-,15-/m0/s1. The maximum atomic E-state index is 12.8. The number of nitrogens with zero attached hydrogens (tertiary/aromatic N) is 1. The summed E-state index contributed by atoms with van der Waals surface area (Å²) in [5.41, 5.74) is 1.30. The lowest BCUT2D eigenvalue weighted by atomic mass is 9.88. The largest absolute Gasteiger partial charge is 0.462 e. The maximum absolute atomic E-state index is 12.8. The van der Waals surface area contributed by atoms with Gasteiger partial charge in [-0.15, -0.1) is 11.3 Å². The van der Waals surface area contributed by atoms with Crippen molar-refractivity contribution in [2.45, 2.75) is 65.0 Å². The molecule has 3 atom stereocenters. The number of thiophene rings is 1. The summed E-state index contributed by atoms with van der Waals surface area (Å²) in [4.78, 5) is 39.0. The second kappa shape index (κ2) is 9.88. The summed E-state index contributed by atoms with van der Waals surface area (Å²) in [5, 5.41) is 3.13. The fourth-order valence-electron chi connectivity index (χ4n) is 4.15. The van der Waals surface area contributed by atoms with E-state index < -0.39 is 40.0 Å². The molecule has 1 saturated heterocycles. The van der Waals surface area contributed by atoms with Gasteiger partial charge in [0.1, 0.15) is 11.0 Å². The van der Waals surface area contributed by atoms with E-state index in [1.165, 1.54) is 18.3 Å². The van der Waals surface area contributed by atoms with Gasteiger partial charge in [0, 0.05) is 11.4 Å². The van der Waals surface area contributed by atoms with Crippen LogP contribution in [0.15, 0.2) is 0 Å². The third-order valence-electron chi connectivity index (χ3n) is 5.79. The molecule has 1 aliphatic carbocycles. The van der Waals surface area contributed by atoms with E-state index in [9.17, 15) is 22.8 Å². The summed E-state index contributed by atoms with van der Waals surface area (Å²) in [6, 6.07) is -0.925. The number of fused-ring (bicyclic) bond motifs is 1. The van der Waals surface area contributed by atoms with Gasteiger partial charge in [-0.25, -0.2) is 13.2 Å². The van der Waals surface area contributed by atoms with Crippen LogP contribution in [0.2, 0.25) is 0 Å². The van der Waals surface area contributed by atoms with E-state index in [0.29, 0.717) is 29.3 Å². The summed E-state index contributed by atoms with van der Waals surface area (Å²) >= 11 is 1.35. The third-order valence-corrected chi connectivity index (χ3v) is 8.25. The number of ether oxygens (including phenoxy) is 2. The number of rotatable bonds is 7. The van der Waals surface area contributed by atoms with Crippen molar-refractivity contribution < 1.29 is 32.3 Å². The highest BCUT2D eigenvalue weighted by atomic mass is 32.2. The maximum Gasteiger partial charge on any atom is 0.341 e. The molecule has 3 rings (SSSR count). The number of sulfonamides is 1. The minimum Gasteiger partial charge on any atom is -0.462 e. The van der Waals surface area contributed by atoms with E-state index in [1.807, 2.05) is 0 Å². The summed E-state index contributed by atoms with van der Waals surface area (Å²) in [6.45, 7) is 5.77. The Bertz CT molecular complexity index is 1000. The Labute approximate surface area is 192 Å². The van der Waals surface area contributed by atoms with E-state index in [-0.39, 0.29) is 13.2 Å². The summed E-state index contributed by atoms with van der Waals surface area (Å²) in [5.74, 6) is -1.32. The number of hydrogen-bond donors (Lipinski definition) is 1. The second-order valence-corrected chi connectivity index (χ2v) is 11.4. The summed E-state index contributed by atoms with van der Waals surface area (Å²) in [7, 11) is -3.55. The summed E-state index contributed by atoms with van der Waals surface area (Å²) in [6.07, 6.45) is 3.32.